The van der Waals surface area contributed by atoms with E-state index in [0.717, 1.165) is 12.8 Å². The van der Waals surface area contributed by atoms with Crippen LogP contribution in [0.4, 0.5) is 0 Å². The van der Waals surface area contributed by atoms with E-state index in [2.05, 4.69) is 0 Å². The van der Waals surface area contributed by atoms with E-state index in [-0.39, 0.29) is 11.7 Å². The molecule has 1 saturated carbocycles. The van der Waals surface area contributed by atoms with Crippen LogP contribution in [-0.4, -0.2) is 24.3 Å². The second kappa shape index (κ2) is 6.98. The van der Waals surface area contributed by atoms with Crippen molar-refractivity contribution in [2.24, 2.45) is 0 Å². The molecule has 0 aliphatic heterocycles. The molecule has 0 amide bonds. The Morgan fingerprint density at radius 3 is 2.60 bits per heavy atom. The zero-order chi connectivity index (χ0) is 14.4. The SMILES string of the molecule is COC=C(C(=O)O)c1ccccc1OC1CCCCC1. The van der Waals surface area contributed by atoms with E-state index < -0.39 is 5.97 Å². The van der Waals surface area contributed by atoms with Gasteiger partial charge in [-0.05, 0) is 31.7 Å². The highest BCUT2D eigenvalue weighted by molar-refractivity contribution is 6.15. The van der Waals surface area contributed by atoms with Gasteiger partial charge in [0.15, 0.2) is 0 Å². The van der Waals surface area contributed by atoms with Gasteiger partial charge in [0.2, 0.25) is 0 Å². The molecule has 1 aliphatic rings. The molecule has 2 rings (SSSR count). The minimum atomic E-state index is -1.02. The third-order valence-corrected chi connectivity index (χ3v) is 3.49. The number of methoxy groups -OCH3 is 1. The molecule has 0 saturated heterocycles. The van der Waals surface area contributed by atoms with E-state index in [4.69, 9.17) is 9.47 Å². The molecule has 1 aromatic carbocycles. The predicted molar refractivity (Wildman–Crippen MR) is 76.6 cm³/mol. The molecule has 20 heavy (non-hydrogen) atoms. The molecule has 1 fully saturated rings. The molecule has 0 bridgehead atoms. The van der Waals surface area contributed by atoms with Gasteiger partial charge in [-0.3, -0.25) is 0 Å². The van der Waals surface area contributed by atoms with Gasteiger partial charge in [-0.1, -0.05) is 24.6 Å². The Balaban J connectivity index is 2.24. The van der Waals surface area contributed by atoms with Gasteiger partial charge in [0.25, 0.3) is 0 Å². The number of para-hydroxylation sites is 1. The summed E-state index contributed by atoms with van der Waals surface area (Å²) in [5, 5.41) is 9.28. The first-order chi connectivity index (χ1) is 9.72. The summed E-state index contributed by atoms with van der Waals surface area (Å²) in [5.74, 6) is -0.406. The summed E-state index contributed by atoms with van der Waals surface area (Å²) in [4.78, 5) is 11.3. The number of carboxylic acid groups (broad SMARTS) is 1. The van der Waals surface area contributed by atoms with Crippen LogP contribution in [0.3, 0.4) is 0 Å². The maximum Gasteiger partial charge on any atom is 0.339 e. The second-order valence-electron chi connectivity index (χ2n) is 4.95. The summed E-state index contributed by atoms with van der Waals surface area (Å²) in [7, 11) is 1.44. The minimum absolute atomic E-state index is 0.110. The van der Waals surface area contributed by atoms with E-state index in [1.807, 2.05) is 12.1 Å². The highest BCUT2D eigenvalue weighted by atomic mass is 16.5. The van der Waals surface area contributed by atoms with Crippen molar-refractivity contribution in [1.82, 2.24) is 0 Å². The van der Waals surface area contributed by atoms with Gasteiger partial charge in [0.05, 0.1) is 19.5 Å². The van der Waals surface area contributed by atoms with Crippen LogP contribution in [0.15, 0.2) is 30.5 Å². The van der Waals surface area contributed by atoms with Gasteiger partial charge in [-0.15, -0.1) is 0 Å². The Kier molecular flexibility index (Phi) is 5.04. The molecule has 4 heteroatoms. The lowest BCUT2D eigenvalue weighted by atomic mass is 9.97. The Morgan fingerprint density at radius 1 is 1.25 bits per heavy atom. The first-order valence-electron chi connectivity index (χ1n) is 6.94. The van der Waals surface area contributed by atoms with Crippen molar-refractivity contribution in [3.05, 3.63) is 36.1 Å². The highest BCUT2D eigenvalue weighted by Crippen LogP contribution is 2.30. The van der Waals surface area contributed by atoms with Gasteiger partial charge in [-0.2, -0.15) is 0 Å². The van der Waals surface area contributed by atoms with E-state index in [1.54, 1.807) is 12.1 Å². The maximum absolute atomic E-state index is 11.3. The molecule has 0 heterocycles. The van der Waals surface area contributed by atoms with Crippen LogP contribution in [0.5, 0.6) is 5.75 Å². The molecule has 1 aliphatic carbocycles. The number of ether oxygens (including phenoxy) is 2. The number of carbonyl (C=O) groups is 1. The van der Waals surface area contributed by atoms with E-state index in [1.165, 1.54) is 32.6 Å². The summed E-state index contributed by atoms with van der Waals surface area (Å²) in [6, 6.07) is 7.22. The number of rotatable bonds is 5. The lowest BCUT2D eigenvalue weighted by Crippen LogP contribution is -2.20. The fourth-order valence-corrected chi connectivity index (χ4v) is 2.50. The first-order valence-corrected chi connectivity index (χ1v) is 6.94. The predicted octanol–water partition coefficient (Wildman–Crippen LogP) is 3.47. The number of hydrogen-bond acceptors (Lipinski definition) is 3. The zero-order valence-electron chi connectivity index (χ0n) is 11.7. The van der Waals surface area contributed by atoms with Gasteiger partial charge in [0, 0.05) is 5.56 Å². The van der Waals surface area contributed by atoms with Crippen molar-refractivity contribution in [3.63, 3.8) is 0 Å². The molecule has 0 atom stereocenters. The molecule has 4 nitrogen and oxygen atoms in total. The van der Waals surface area contributed by atoms with Crippen LogP contribution in [0, 0.1) is 0 Å². The number of benzene rings is 1. The molecule has 1 N–H and O–H groups in total. The van der Waals surface area contributed by atoms with Crippen molar-refractivity contribution in [2.75, 3.05) is 7.11 Å². The van der Waals surface area contributed by atoms with Gasteiger partial charge < -0.3 is 14.6 Å². The van der Waals surface area contributed by atoms with E-state index in [9.17, 15) is 9.90 Å². The average molecular weight is 276 g/mol. The van der Waals surface area contributed by atoms with Gasteiger partial charge in [0.1, 0.15) is 11.3 Å². The average Bonchev–Trinajstić information content (AvgIpc) is 2.46. The van der Waals surface area contributed by atoms with Crippen LogP contribution in [-0.2, 0) is 9.53 Å². The molecular formula is C16H20O4. The molecule has 108 valence electrons. The third kappa shape index (κ3) is 3.53. The highest BCUT2D eigenvalue weighted by Gasteiger charge is 2.20. The van der Waals surface area contributed by atoms with Crippen LogP contribution < -0.4 is 4.74 Å². The first kappa shape index (κ1) is 14.4. The van der Waals surface area contributed by atoms with Crippen molar-refractivity contribution >= 4 is 11.5 Å². The standard InChI is InChI=1S/C16H20O4/c1-19-11-14(16(17)18)13-9-5-6-10-15(13)20-12-7-3-2-4-8-12/h5-6,9-12H,2-4,7-8H2,1H3,(H,17,18). The molecule has 0 unspecified atom stereocenters. The molecule has 0 spiro atoms. The summed E-state index contributed by atoms with van der Waals surface area (Å²) < 4.78 is 10.9. The topological polar surface area (TPSA) is 55.8 Å². The Morgan fingerprint density at radius 2 is 1.95 bits per heavy atom. The fraction of sp³-hybridized carbons (Fsp3) is 0.438. The van der Waals surface area contributed by atoms with Gasteiger partial charge >= 0.3 is 5.97 Å². The lowest BCUT2D eigenvalue weighted by Gasteiger charge is -2.24. The Hall–Kier alpha value is -1.97. The molecule has 0 radical (unpaired) electrons. The van der Waals surface area contributed by atoms with Gasteiger partial charge in [-0.25, -0.2) is 4.79 Å². The maximum atomic E-state index is 11.3. The fourth-order valence-electron chi connectivity index (χ4n) is 2.50. The van der Waals surface area contributed by atoms with Crippen LogP contribution >= 0.6 is 0 Å². The normalized spacial score (nSPS) is 16.8. The van der Waals surface area contributed by atoms with Crippen LogP contribution in [0.2, 0.25) is 0 Å². The Labute approximate surface area is 119 Å². The van der Waals surface area contributed by atoms with Crippen LogP contribution in [0.1, 0.15) is 37.7 Å². The third-order valence-electron chi connectivity index (χ3n) is 3.49. The van der Waals surface area contributed by atoms with Crippen LogP contribution in [0.25, 0.3) is 5.57 Å². The lowest BCUT2D eigenvalue weighted by molar-refractivity contribution is -0.130. The molecular weight excluding hydrogens is 256 g/mol. The summed E-state index contributed by atoms with van der Waals surface area (Å²) in [6.07, 6.45) is 7.09. The zero-order valence-corrected chi connectivity index (χ0v) is 11.7. The van der Waals surface area contributed by atoms with Crippen molar-refractivity contribution in [1.29, 1.82) is 0 Å². The summed E-state index contributed by atoms with van der Waals surface area (Å²) >= 11 is 0. The smallest absolute Gasteiger partial charge is 0.339 e. The largest absolute Gasteiger partial charge is 0.503 e. The quantitative estimate of drug-likeness (QED) is 0.661. The summed E-state index contributed by atoms with van der Waals surface area (Å²) in [6.45, 7) is 0. The number of carboxylic acids is 1. The van der Waals surface area contributed by atoms with E-state index in [0.29, 0.717) is 11.3 Å². The van der Waals surface area contributed by atoms with Crippen molar-refractivity contribution < 1.29 is 19.4 Å². The Bertz CT molecular complexity index is 487. The summed E-state index contributed by atoms with van der Waals surface area (Å²) in [5.41, 5.74) is 0.673. The number of aliphatic carboxylic acids is 1. The van der Waals surface area contributed by atoms with Crippen molar-refractivity contribution in [2.45, 2.75) is 38.2 Å². The van der Waals surface area contributed by atoms with Crippen molar-refractivity contribution in [3.8, 4) is 5.75 Å². The number of hydrogen-bond donors (Lipinski definition) is 1. The minimum Gasteiger partial charge on any atom is -0.503 e. The molecule has 0 aromatic heterocycles. The van der Waals surface area contributed by atoms with E-state index >= 15 is 0 Å². The monoisotopic (exact) mass is 276 g/mol. The second-order valence-corrected chi connectivity index (χ2v) is 4.95. The molecule has 1 aromatic rings.